The minimum atomic E-state index is -1.61. The highest BCUT2D eigenvalue weighted by molar-refractivity contribution is 5.82. The number of aliphatic hydroxyl groups is 1. The molecular weight excluding hydrogens is 392 g/mol. The van der Waals surface area contributed by atoms with E-state index in [4.69, 9.17) is 10.5 Å². The summed E-state index contributed by atoms with van der Waals surface area (Å²) in [6.07, 6.45) is 5.74. The van der Waals surface area contributed by atoms with E-state index in [1.807, 2.05) is 53.4 Å². The quantitative estimate of drug-likeness (QED) is 0.422. The lowest BCUT2D eigenvalue weighted by Crippen LogP contribution is -2.45. The van der Waals surface area contributed by atoms with E-state index in [-0.39, 0.29) is 12.0 Å². The largest absolute Gasteiger partial charge is 0.458 e. The molecule has 2 fully saturated rings. The van der Waals surface area contributed by atoms with Crippen LogP contribution in [0.15, 0.2) is 59.7 Å². The van der Waals surface area contributed by atoms with Crippen molar-refractivity contribution in [3.05, 3.63) is 66.0 Å². The second-order valence-electron chi connectivity index (χ2n) is 8.37. The van der Waals surface area contributed by atoms with E-state index in [2.05, 4.69) is 9.98 Å². The number of pyridine rings is 1. The molecule has 0 bridgehead atoms. The molecule has 1 aliphatic carbocycles. The highest BCUT2D eigenvalue weighted by atomic mass is 16.6. The average molecular weight is 423 g/mol. The van der Waals surface area contributed by atoms with E-state index in [1.54, 1.807) is 6.20 Å². The first-order valence-electron chi connectivity index (χ1n) is 11.0. The molecule has 1 aromatic heterocycles. The van der Waals surface area contributed by atoms with Crippen molar-refractivity contribution in [2.45, 2.75) is 50.4 Å². The zero-order valence-electron chi connectivity index (χ0n) is 17.7. The number of guanidine groups is 1. The summed E-state index contributed by atoms with van der Waals surface area (Å²) in [6, 6.07) is 14.9. The number of nitrogens with zero attached hydrogens (tertiary/aromatic N) is 3. The van der Waals surface area contributed by atoms with Crippen molar-refractivity contribution in [2.24, 2.45) is 16.6 Å². The zero-order chi connectivity index (χ0) is 21.7. The SMILES string of the molecule is NC(=NCc1ccccn1)N1CCC(OC(=O)C(O)(c2ccccc2)C2CCCC2)C1. The fourth-order valence-corrected chi connectivity index (χ4v) is 4.58. The molecule has 2 heterocycles. The Kier molecular flexibility index (Phi) is 6.51. The van der Waals surface area contributed by atoms with Crippen LogP contribution >= 0.6 is 0 Å². The van der Waals surface area contributed by atoms with E-state index in [0.29, 0.717) is 37.6 Å². The van der Waals surface area contributed by atoms with Crippen LogP contribution in [0.3, 0.4) is 0 Å². The molecule has 1 saturated carbocycles. The molecule has 2 aliphatic rings. The Morgan fingerprint density at radius 2 is 1.90 bits per heavy atom. The van der Waals surface area contributed by atoms with Gasteiger partial charge in [-0.25, -0.2) is 9.79 Å². The second kappa shape index (κ2) is 9.47. The topological polar surface area (TPSA) is 101 Å². The van der Waals surface area contributed by atoms with E-state index >= 15 is 0 Å². The van der Waals surface area contributed by atoms with Crippen molar-refractivity contribution in [2.75, 3.05) is 13.1 Å². The molecule has 0 spiro atoms. The van der Waals surface area contributed by atoms with Gasteiger partial charge in [0.1, 0.15) is 6.10 Å². The van der Waals surface area contributed by atoms with Gasteiger partial charge >= 0.3 is 5.97 Å². The summed E-state index contributed by atoms with van der Waals surface area (Å²) >= 11 is 0. The summed E-state index contributed by atoms with van der Waals surface area (Å²) in [5.41, 5.74) is 6.00. The molecule has 2 aromatic rings. The third-order valence-electron chi connectivity index (χ3n) is 6.34. The Balaban J connectivity index is 1.40. The van der Waals surface area contributed by atoms with Crippen LogP contribution in [-0.4, -0.2) is 46.1 Å². The van der Waals surface area contributed by atoms with Gasteiger partial charge in [0.25, 0.3) is 0 Å². The highest BCUT2D eigenvalue weighted by Gasteiger charge is 2.48. The van der Waals surface area contributed by atoms with E-state index in [0.717, 1.165) is 31.4 Å². The van der Waals surface area contributed by atoms with Crippen LogP contribution in [0.25, 0.3) is 0 Å². The van der Waals surface area contributed by atoms with Crippen molar-refractivity contribution in [1.29, 1.82) is 0 Å². The van der Waals surface area contributed by atoms with Crippen LogP contribution in [0, 0.1) is 5.92 Å². The van der Waals surface area contributed by atoms with Crippen molar-refractivity contribution in [3.63, 3.8) is 0 Å². The van der Waals surface area contributed by atoms with Gasteiger partial charge in [-0.2, -0.15) is 0 Å². The van der Waals surface area contributed by atoms with Crippen molar-refractivity contribution < 1.29 is 14.6 Å². The molecule has 1 saturated heterocycles. The third-order valence-corrected chi connectivity index (χ3v) is 6.34. The first kappa shape index (κ1) is 21.3. The van der Waals surface area contributed by atoms with Gasteiger partial charge in [-0.3, -0.25) is 4.98 Å². The van der Waals surface area contributed by atoms with Crippen LogP contribution in [-0.2, 0) is 21.7 Å². The van der Waals surface area contributed by atoms with Gasteiger partial charge in [-0.15, -0.1) is 0 Å². The number of rotatable bonds is 6. The van der Waals surface area contributed by atoms with Gasteiger partial charge in [0.05, 0.1) is 18.8 Å². The molecule has 3 N–H and O–H groups in total. The predicted molar refractivity (Wildman–Crippen MR) is 118 cm³/mol. The van der Waals surface area contributed by atoms with E-state index in [9.17, 15) is 9.90 Å². The molecule has 7 heteroatoms. The third kappa shape index (κ3) is 4.71. The van der Waals surface area contributed by atoms with Gasteiger partial charge in [-0.1, -0.05) is 49.2 Å². The Morgan fingerprint density at radius 1 is 1.16 bits per heavy atom. The number of carbonyl (C=O) groups is 1. The van der Waals surface area contributed by atoms with Crippen LogP contribution in [0.5, 0.6) is 0 Å². The van der Waals surface area contributed by atoms with Crippen molar-refractivity contribution in [1.82, 2.24) is 9.88 Å². The standard InChI is InChI=1S/C24H30N4O3/c25-23(27-16-20-12-6-7-14-26-20)28-15-13-21(17-28)31-22(29)24(30,19-10-4-5-11-19)18-8-2-1-3-9-18/h1-3,6-9,12,14,19,21,30H,4-5,10-11,13,15-17H2,(H2,25,27). The molecule has 2 unspecified atom stereocenters. The summed E-state index contributed by atoms with van der Waals surface area (Å²) in [4.78, 5) is 23.8. The molecule has 0 amide bonds. The number of nitrogens with two attached hydrogens (primary N) is 1. The summed E-state index contributed by atoms with van der Waals surface area (Å²) in [5.74, 6) is -0.260. The van der Waals surface area contributed by atoms with Gasteiger partial charge in [0.15, 0.2) is 11.6 Å². The van der Waals surface area contributed by atoms with Gasteiger partial charge < -0.3 is 20.5 Å². The van der Waals surface area contributed by atoms with Crippen LogP contribution in [0.1, 0.15) is 43.4 Å². The lowest BCUT2D eigenvalue weighted by molar-refractivity contribution is -0.178. The number of hydrogen-bond donors (Lipinski definition) is 2. The number of likely N-dealkylation sites (tertiary alicyclic amines) is 1. The Morgan fingerprint density at radius 3 is 2.61 bits per heavy atom. The molecular formula is C24H30N4O3. The smallest absolute Gasteiger partial charge is 0.343 e. The minimum absolute atomic E-state index is 0.120. The Bertz CT molecular complexity index is 900. The lowest BCUT2D eigenvalue weighted by atomic mass is 9.80. The summed E-state index contributed by atoms with van der Waals surface area (Å²) in [5, 5.41) is 11.6. The summed E-state index contributed by atoms with van der Waals surface area (Å²) in [7, 11) is 0. The summed E-state index contributed by atoms with van der Waals surface area (Å²) < 4.78 is 5.83. The van der Waals surface area contributed by atoms with Gasteiger partial charge in [0, 0.05) is 25.1 Å². The van der Waals surface area contributed by atoms with Crippen molar-refractivity contribution >= 4 is 11.9 Å². The highest BCUT2D eigenvalue weighted by Crippen LogP contribution is 2.41. The maximum Gasteiger partial charge on any atom is 0.343 e. The monoisotopic (exact) mass is 422 g/mol. The predicted octanol–water partition coefficient (Wildman–Crippen LogP) is 2.59. The zero-order valence-corrected chi connectivity index (χ0v) is 17.7. The van der Waals surface area contributed by atoms with Crippen LogP contribution in [0.4, 0.5) is 0 Å². The number of aromatic nitrogens is 1. The number of hydrogen-bond acceptors (Lipinski definition) is 5. The maximum absolute atomic E-state index is 13.2. The van der Waals surface area contributed by atoms with Gasteiger partial charge in [-0.05, 0) is 30.5 Å². The van der Waals surface area contributed by atoms with Gasteiger partial charge in [0.2, 0.25) is 0 Å². The molecule has 1 aliphatic heterocycles. The number of aliphatic imine (C=N–C) groups is 1. The van der Waals surface area contributed by atoms with Crippen molar-refractivity contribution in [3.8, 4) is 0 Å². The number of benzene rings is 1. The lowest BCUT2D eigenvalue weighted by Gasteiger charge is -2.33. The van der Waals surface area contributed by atoms with Crippen LogP contribution in [0.2, 0.25) is 0 Å². The summed E-state index contributed by atoms with van der Waals surface area (Å²) in [6.45, 7) is 1.53. The average Bonchev–Trinajstić information content (AvgIpc) is 3.51. The molecule has 2 atom stereocenters. The van der Waals surface area contributed by atoms with Crippen LogP contribution < -0.4 is 5.73 Å². The van der Waals surface area contributed by atoms with E-state index in [1.165, 1.54) is 0 Å². The normalized spacial score (nSPS) is 21.8. The molecule has 4 rings (SSSR count). The number of carbonyl (C=O) groups excluding carboxylic acids is 1. The van der Waals surface area contributed by atoms with E-state index < -0.39 is 11.6 Å². The molecule has 7 nitrogen and oxygen atoms in total. The number of ether oxygens (including phenoxy) is 1. The molecule has 0 radical (unpaired) electrons. The first-order chi connectivity index (χ1) is 15.1. The molecule has 31 heavy (non-hydrogen) atoms. The second-order valence-corrected chi connectivity index (χ2v) is 8.37. The number of esters is 1. The maximum atomic E-state index is 13.2. The Hall–Kier alpha value is -2.93. The first-order valence-corrected chi connectivity index (χ1v) is 11.0. The molecule has 1 aromatic carbocycles. The minimum Gasteiger partial charge on any atom is -0.458 e. The Labute approximate surface area is 183 Å². The fraction of sp³-hybridized carbons (Fsp3) is 0.458. The molecule has 164 valence electrons. The fourth-order valence-electron chi connectivity index (χ4n) is 4.58.